The molecule has 0 atom stereocenters. The fraction of sp³-hybridized carbons (Fsp3) is 0.0714. The summed E-state index contributed by atoms with van der Waals surface area (Å²) in [5, 5.41) is 21.7. The molecule has 0 aliphatic heterocycles. The molecule has 6 nitrogen and oxygen atoms in total. The first-order chi connectivity index (χ1) is 10.8. The van der Waals surface area contributed by atoms with Gasteiger partial charge in [0.05, 0.1) is 11.3 Å². The molecule has 3 rings (SSSR count). The fourth-order valence-electron chi connectivity index (χ4n) is 2.22. The second-order valence-corrected chi connectivity index (χ2v) is 4.68. The van der Waals surface area contributed by atoms with E-state index in [9.17, 15) is 18.0 Å². The van der Waals surface area contributed by atoms with Crippen LogP contribution >= 0.6 is 0 Å². The molecular formula is C14H7F3N4O2. The number of carbonyl (C=O) groups is 1. The molecule has 0 unspecified atom stereocenters. The van der Waals surface area contributed by atoms with Crippen LogP contribution in [0, 0.1) is 11.3 Å². The Hall–Kier alpha value is -3.28. The number of rotatable bonds is 2. The number of hydrogen-bond acceptors (Lipinski definition) is 3. The molecule has 0 radical (unpaired) electrons. The lowest BCUT2D eigenvalue weighted by molar-refractivity contribution is -0.141. The van der Waals surface area contributed by atoms with Crippen LogP contribution in [0.2, 0.25) is 0 Å². The van der Waals surface area contributed by atoms with Gasteiger partial charge in [-0.15, -0.1) is 0 Å². The van der Waals surface area contributed by atoms with E-state index in [0.29, 0.717) is 16.5 Å². The van der Waals surface area contributed by atoms with Crippen molar-refractivity contribution >= 4 is 16.9 Å². The van der Waals surface area contributed by atoms with Gasteiger partial charge in [0.15, 0.2) is 5.69 Å². The SMILES string of the molecule is N#Cc1c[nH]c2ccc(-n3cc(C(=O)O)c(C(F)(F)F)n3)cc12. The van der Waals surface area contributed by atoms with E-state index in [0.717, 1.165) is 10.9 Å². The molecule has 9 heteroatoms. The monoisotopic (exact) mass is 320 g/mol. The van der Waals surface area contributed by atoms with Gasteiger partial charge in [-0.05, 0) is 18.2 Å². The molecule has 0 saturated heterocycles. The fourth-order valence-corrected chi connectivity index (χ4v) is 2.22. The lowest BCUT2D eigenvalue weighted by atomic mass is 10.1. The van der Waals surface area contributed by atoms with E-state index >= 15 is 0 Å². The zero-order valence-corrected chi connectivity index (χ0v) is 11.2. The van der Waals surface area contributed by atoms with Crippen molar-refractivity contribution in [2.75, 3.05) is 0 Å². The summed E-state index contributed by atoms with van der Waals surface area (Å²) in [6, 6.07) is 6.46. The van der Waals surface area contributed by atoms with Crippen LogP contribution in [0.15, 0.2) is 30.6 Å². The molecule has 0 aliphatic carbocycles. The third-order valence-corrected chi connectivity index (χ3v) is 3.26. The van der Waals surface area contributed by atoms with Gasteiger partial charge in [0.25, 0.3) is 0 Å². The molecule has 0 amide bonds. The van der Waals surface area contributed by atoms with Crippen LogP contribution in [0.3, 0.4) is 0 Å². The third-order valence-electron chi connectivity index (χ3n) is 3.26. The zero-order chi connectivity index (χ0) is 16.8. The van der Waals surface area contributed by atoms with Crippen LogP contribution in [0.25, 0.3) is 16.6 Å². The molecule has 3 aromatic rings. The predicted molar refractivity (Wildman–Crippen MR) is 72.1 cm³/mol. The van der Waals surface area contributed by atoms with Gasteiger partial charge >= 0.3 is 12.1 Å². The van der Waals surface area contributed by atoms with E-state index < -0.39 is 23.4 Å². The molecular weight excluding hydrogens is 313 g/mol. The van der Waals surface area contributed by atoms with Crippen molar-refractivity contribution in [3.63, 3.8) is 0 Å². The summed E-state index contributed by atoms with van der Waals surface area (Å²) in [7, 11) is 0. The highest BCUT2D eigenvalue weighted by Gasteiger charge is 2.39. The van der Waals surface area contributed by atoms with Crippen molar-refractivity contribution in [2.45, 2.75) is 6.18 Å². The Morgan fingerprint density at radius 3 is 2.70 bits per heavy atom. The molecule has 2 heterocycles. The normalized spacial score (nSPS) is 11.6. The summed E-state index contributed by atoms with van der Waals surface area (Å²) >= 11 is 0. The standard InChI is InChI=1S/C14H7F3N4O2/c15-14(16,17)12-10(13(22)23)6-21(20-12)8-1-2-11-9(3-8)7(4-18)5-19-11/h1-3,5-6,19H,(H,22,23). The largest absolute Gasteiger partial charge is 0.478 e. The number of nitriles is 1. The number of carboxylic acid groups (broad SMARTS) is 1. The molecule has 2 N–H and O–H groups in total. The Morgan fingerprint density at radius 1 is 1.39 bits per heavy atom. The number of halogens is 3. The van der Waals surface area contributed by atoms with Crippen LogP contribution in [0.4, 0.5) is 13.2 Å². The second kappa shape index (κ2) is 4.88. The predicted octanol–water partition coefficient (Wildman–Crippen LogP) is 2.94. The zero-order valence-electron chi connectivity index (χ0n) is 11.2. The maximum Gasteiger partial charge on any atom is 0.436 e. The number of hydrogen-bond donors (Lipinski definition) is 2. The molecule has 116 valence electrons. The maximum atomic E-state index is 12.9. The van der Waals surface area contributed by atoms with E-state index in [1.54, 1.807) is 6.07 Å². The van der Waals surface area contributed by atoms with E-state index in [4.69, 9.17) is 10.4 Å². The summed E-state index contributed by atoms with van der Waals surface area (Å²) in [4.78, 5) is 13.8. The minimum atomic E-state index is -4.88. The van der Waals surface area contributed by atoms with E-state index in [2.05, 4.69) is 10.1 Å². The summed E-state index contributed by atoms with van der Waals surface area (Å²) in [5.41, 5.74) is -1.24. The highest BCUT2D eigenvalue weighted by molar-refractivity contribution is 5.89. The third kappa shape index (κ3) is 2.40. The molecule has 0 saturated carbocycles. The van der Waals surface area contributed by atoms with Crippen molar-refractivity contribution in [1.82, 2.24) is 14.8 Å². The quantitative estimate of drug-likeness (QED) is 0.759. The molecule has 23 heavy (non-hydrogen) atoms. The number of aromatic nitrogens is 3. The molecule has 2 aromatic heterocycles. The average molecular weight is 320 g/mol. The number of nitrogens with one attached hydrogen (secondary N) is 1. The Bertz CT molecular complexity index is 963. The molecule has 0 spiro atoms. The van der Waals surface area contributed by atoms with Gasteiger partial charge in [0.2, 0.25) is 0 Å². The highest BCUT2D eigenvalue weighted by atomic mass is 19.4. The number of H-pyrrole nitrogens is 1. The summed E-state index contributed by atoms with van der Waals surface area (Å²) in [5.74, 6) is -1.72. The van der Waals surface area contributed by atoms with Crippen LogP contribution in [0.5, 0.6) is 0 Å². The summed E-state index contributed by atoms with van der Waals surface area (Å²) in [6.07, 6.45) is -2.61. The van der Waals surface area contributed by atoms with Gasteiger partial charge in [-0.1, -0.05) is 0 Å². The first-order valence-electron chi connectivity index (χ1n) is 6.23. The van der Waals surface area contributed by atoms with Crippen molar-refractivity contribution in [1.29, 1.82) is 5.26 Å². The van der Waals surface area contributed by atoms with Gasteiger partial charge < -0.3 is 10.1 Å². The van der Waals surface area contributed by atoms with Gasteiger partial charge in [0.1, 0.15) is 11.6 Å². The molecule has 0 bridgehead atoms. The molecule has 1 aromatic carbocycles. The number of benzene rings is 1. The number of carboxylic acids is 1. The van der Waals surface area contributed by atoms with E-state index in [-0.39, 0.29) is 5.69 Å². The lowest BCUT2D eigenvalue weighted by Crippen LogP contribution is -2.12. The Labute approximate surface area is 126 Å². The number of nitrogens with zero attached hydrogens (tertiary/aromatic N) is 3. The lowest BCUT2D eigenvalue weighted by Gasteiger charge is -2.03. The first kappa shape index (κ1) is 14.6. The van der Waals surface area contributed by atoms with Crippen molar-refractivity contribution < 1.29 is 23.1 Å². The molecule has 0 fully saturated rings. The highest BCUT2D eigenvalue weighted by Crippen LogP contribution is 2.31. The minimum absolute atomic E-state index is 0.214. The second-order valence-electron chi connectivity index (χ2n) is 4.68. The van der Waals surface area contributed by atoms with Crippen molar-refractivity contribution in [3.8, 4) is 11.8 Å². The number of fused-ring (bicyclic) bond motifs is 1. The topological polar surface area (TPSA) is 94.7 Å². The number of aromatic amines is 1. The van der Waals surface area contributed by atoms with E-state index in [1.165, 1.54) is 18.3 Å². The Balaban J connectivity index is 2.19. The van der Waals surface area contributed by atoms with Gasteiger partial charge in [-0.25, -0.2) is 9.48 Å². The van der Waals surface area contributed by atoms with E-state index in [1.807, 2.05) is 6.07 Å². The van der Waals surface area contributed by atoms with Gasteiger partial charge in [0, 0.05) is 23.3 Å². The number of alkyl halides is 3. The van der Waals surface area contributed by atoms with Crippen LogP contribution in [-0.4, -0.2) is 25.8 Å². The average Bonchev–Trinajstić information content (AvgIpc) is 3.10. The van der Waals surface area contributed by atoms with Crippen molar-refractivity contribution in [3.05, 3.63) is 47.4 Å². The smallest absolute Gasteiger partial charge is 0.436 e. The summed E-state index contributed by atoms with van der Waals surface area (Å²) < 4.78 is 39.5. The Kier molecular flexibility index (Phi) is 3.11. The van der Waals surface area contributed by atoms with Crippen molar-refractivity contribution in [2.24, 2.45) is 0 Å². The Morgan fingerprint density at radius 2 is 2.13 bits per heavy atom. The number of aromatic carboxylic acids is 1. The maximum absolute atomic E-state index is 12.9. The minimum Gasteiger partial charge on any atom is -0.478 e. The van der Waals surface area contributed by atoms with Crippen LogP contribution < -0.4 is 0 Å². The van der Waals surface area contributed by atoms with Gasteiger partial charge in [-0.3, -0.25) is 0 Å². The van der Waals surface area contributed by atoms with Crippen LogP contribution in [0.1, 0.15) is 21.6 Å². The first-order valence-corrected chi connectivity index (χ1v) is 6.23. The van der Waals surface area contributed by atoms with Gasteiger partial charge in [-0.2, -0.15) is 23.5 Å². The summed E-state index contributed by atoms with van der Waals surface area (Å²) in [6.45, 7) is 0. The molecule has 0 aliphatic rings. The van der Waals surface area contributed by atoms with Crippen LogP contribution in [-0.2, 0) is 6.18 Å².